The molecule has 2 aromatic rings. The van der Waals surface area contributed by atoms with Gasteiger partial charge in [-0.25, -0.2) is 0 Å². The number of carbonyl (C=O) groups is 2. The first kappa shape index (κ1) is 29.3. The fourth-order valence-corrected chi connectivity index (χ4v) is 5.26. The highest BCUT2D eigenvalue weighted by molar-refractivity contribution is 6.30. The number of phenols is 2. The number of hydrogen-bond acceptors (Lipinski definition) is 14. The van der Waals surface area contributed by atoms with Gasteiger partial charge in [0.2, 0.25) is 12.1 Å². The molecule has 2 heterocycles. The summed E-state index contributed by atoms with van der Waals surface area (Å²) in [5, 5.41) is 82.0. The van der Waals surface area contributed by atoms with E-state index in [1.165, 1.54) is 19.1 Å². The predicted molar refractivity (Wildman–Crippen MR) is 133 cm³/mol. The molecule has 10 atom stereocenters. The molecule has 2 aromatic carbocycles. The zero-order valence-corrected chi connectivity index (χ0v) is 21.8. The summed E-state index contributed by atoms with van der Waals surface area (Å²) in [6.07, 6.45) is -15.8. The van der Waals surface area contributed by atoms with Crippen LogP contribution >= 0.6 is 0 Å². The molecule has 0 bridgehead atoms. The lowest BCUT2D eigenvalue weighted by Gasteiger charge is -2.45. The number of carbonyl (C=O) groups excluding carboxylic acids is 2. The molecule has 3 aliphatic rings. The average molecular weight is 579 g/mol. The largest absolute Gasteiger partial charge is 0.508 e. The Morgan fingerprint density at radius 2 is 1.46 bits per heavy atom. The molecule has 0 radical (unpaired) electrons. The summed E-state index contributed by atoms with van der Waals surface area (Å²) in [4.78, 5) is 26.9. The van der Waals surface area contributed by atoms with Crippen LogP contribution in [0.15, 0.2) is 24.3 Å². The van der Waals surface area contributed by atoms with Gasteiger partial charge in [-0.15, -0.1) is 0 Å². The van der Waals surface area contributed by atoms with Crippen LogP contribution in [0.1, 0.15) is 44.3 Å². The highest BCUT2D eigenvalue weighted by Crippen LogP contribution is 2.41. The van der Waals surface area contributed by atoms with E-state index in [0.717, 1.165) is 12.1 Å². The summed E-state index contributed by atoms with van der Waals surface area (Å²) in [6.45, 7) is 2.25. The van der Waals surface area contributed by atoms with Crippen molar-refractivity contribution < 1.29 is 69.4 Å². The molecule has 0 unspecified atom stereocenters. The molecule has 8 N–H and O–H groups in total. The molecule has 2 fully saturated rings. The number of ether oxygens (including phenoxy) is 4. The number of aliphatic hydroxyl groups excluding tert-OH is 6. The maximum Gasteiger partial charge on any atom is 0.229 e. The first-order valence-electron chi connectivity index (χ1n) is 12.8. The lowest BCUT2D eigenvalue weighted by molar-refractivity contribution is -0.354. The van der Waals surface area contributed by atoms with Crippen LogP contribution in [0.2, 0.25) is 0 Å². The Labute approximate surface area is 232 Å². The second-order valence-corrected chi connectivity index (χ2v) is 10.3. The maximum atomic E-state index is 13.6. The topological polar surface area (TPSA) is 233 Å². The summed E-state index contributed by atoms with van der Waals surface area (Å²) >= 11 is 0. The van der Waals surface area contributed by atoms with Gasteiger partial charge < -0.3 is 59.8 Å². The van der Waals surface area contributed by atoms with Crippen molar-refractivity contribution in [3.63, 3.8) is 0 Å². The van der Waals surface area contributed by atoms with E-state index < -0.39 is 91.1 Å². The standard InChI is InChI=1S/C27H30O14/c1-8-3-11-17(21(34)16-12(19(11)32)5-10(29)6-13(16)30)14(4-8)39-27-25(23(36)20(33)15(7-28)40-27)41-26-24(37)22(35)18(31)9(2)38-26/h3-6,9,15,18,20,22-31,33,35-37H,7H2,1-2H3/t9-,15+,18-,20+,22+,23-,24+,25+,26-,27+/m0/s1. The number of ketones is 2. The number of fused-ring (bicyclic) bond motifs is 2. The van der Waals surface area contributed by atoms with Gasteiger partial charge in [-0.1, -0.05) is 0 Å². The van der Waals surface area contributed by atoms with E-state index in [4.69, 9.17) is 18.9 Å². The van der Waals surface area contributed by atoms with Crippen molar-refractivity contribution in [1.82, 2.24) is 0 Å². The Balaban J connectivity index is 1.53. The van der Waals surface area contributed by atoms with Crippen LogP contribution in [0.4, 0.5) is 0 Å². The molecule has 1 aliphatic carbocycles. The minimum atomic E-state index is -1.81. The number of aliphatic hydroxyl groups is 6. The summed E-state index contributed by atoms with van der Waals surface area (Å²) in [6, 6.07) is 4.76. The number of rotatable bonds is 5. The second kappa shape index (κ2) is 10.9. The fraction of sp³-hybridized carbons (Fsp3) is 0.481. The fourth-order valence-electron chi connectivity index (χ4n) is 5.26. The van der Waals surface area contributed by atoms with E-state index in [-0.39, 0.29) is 28.0 Å². The molecule has 0 aromatic heterocycles. The van der Waals surface area contributed by atoms with Crippen molar-refractivity contribution in [3.8, 4) is 17.2 Å². The Bertz CT molecular complexity index is 1360. The van der Waals surface area contributed by atoms with Gasteiger partial charge in [0.05, 0.1) is 23.8 Å². The molecule has 14 nitrogen and oxygen atoms in total. The summed E-state index contributed by atoms with van der Waals surface area (Å²) in [5.41, 5.74) is -0.498. The third kappa shape index (κ3) is 4.97. The van der Waals surface area contributed by atoms with E-state index in [1.54, 1.807) is 6.92 Å². The molecule has 0 saturated carbocycles. The minimum absolute atomic E-state index is 0.105. The molecule has 2 aliphatic heterocycles. The molecule has 222 valence electrons. The quantitative estimate of drug-likeness (QED) is 0.167. The lowest BCUT2D eigenvalue weighted by atomic mass is 9.82. The van der Waals surface area contributed by atoms with Crippen LogP contribution in [0.5, 0.6) is 17.2 Å². The maximum absolute atomic E-state index is 13.6. The highest BCUT2D eigenvalue weighted by atomic mass is 16.8. The van der Waals surface area contributed by atoms with E-state index in [9.17, 15) is 50.4 Å². The zero-order valence-electron chi connectivity index (χ0n) is 21.8. The Hall–Kier alpha value is -3.18. The molecule has 0 amide bonds. The summed E-state index contributed by atoms with van der Waals surface area (Å²) in [7, 11) is 0. The molecule has 41 heavy (non-hydrogen) atoms. The van der Waals surface area contributed by atoms with Crippen molar-refractivity contribution >= 4 is 11.6 Å². The van der Waals surface area contributed by atoms with Crippen molar-refractivity contribution in [1.29, 1.82) is 0 Å². The van der Waals surface area contributed by atoms with Crippen molar-refractivity contribution in [2.45, 2.75) is 75.3 Å². The lowest BCUT2D eigenvalue weighted by Crippen LogP contribution is -2.64. The van der Waals surface area contributed by atoms with Gasteiger partial charge in [0, 0.05) is 17.2 Å². The highest BCUT2D eigenvalue weighted by Gasteiger charge is 2.51. The van der Waals surface area contributed by atoms with Gasteiger partial charge in [0.25, 0.3) is 0 Å². The van der Waals surface area contributed by atoms with Crippen LogP contribution in [0.3, 0.4) is 0 Å². The van der Waals surface area contributed by atoms with Crippen molar-refractivity contribution in [3.05, 3.63) is 52.1 Å². The summed E-state index contributed by atoms with van der Waals surface area (Å²) in [5.74, 6) is -2.79. The second-order valence-electron chi connectivity index (χ2n) is 10.3. The monoisotopic (exact) mass is 578 g/mol. The van der Waals surface area contributed by atoms with Gasteiger partial charge in [0.15, 0.2) is 18.2 Å². The molecule has 0 spiro atoms. The molecular formula is C27H30O14. The van der Waals surface area contributed by atoms with Crippen LogP contribution in [0, 0.1) is 6.92 Å². The number of aromatic hydroxyl groups is 2. The van der Waals surface area contributed by atoms with Gasteiger partial charge in [-0.2, -0.15) is 0 Å². The van der Waals surface area contributed by atoms with Crippen molar-refractivity contribution in [2.24, 2.45) is 0 Å². The van der Waals surface area contributed by atoms with E-state index in [1.807, 2.05) is 0 Å². The van der Waals surface area contributed by atoms with E-state index in [2.05, 4.69) is 0 Å². The Morgan fingerprint density at radius 1 is 0.780 bits per heavy atom. The average Bonchev–Trinajstić information content (AvgIpc) is 2.92. The van der Waals surface area contributed by atoms with Crippen LogP contribution in [-0.2, 0) is 14.2 Å². The van der Waals surface area contributed by atoms with Gasteiger partial charge >= 0.3 is 0 Å². The zero-order chi connectivity index (χ0) is 29.9. The SMILES string of the molecule is Cc1cc(O[C@@H]2O[C@H](CO)[C@@H](O)[C@H](O)[C@H]2O[C@@H]2O[C@@H](C)[C@H](O)[C@@H](O)[C@H]2O)c2c(c1)C(=O)c1cc(O)cc(O)c1C2=O. The molecule has 2 saturated heterocycles. The Morgan fingerprint density at radius 3 is 2.15 bits per heavy atom. The van der Waals surface area contributed by atoms with Gasteiger partial charge in [-0.05, 0) is 37.6 Å². The first-order valence-corrected chi connectivity index (χ1v) is 12.8. The number of aryl methyl sites for hydroxylation is 1. The van der Waals surface area contributed by atoms with Crippen molar-refractivity contribution in [2.75, 3.05) is 6.61 Å². The third-order valence-corrected chi connectivity index (χ3v) is 7.46. The van der Waals surface area contributed by atoms with E-state index in [0.29, 0.717) is 5.56 Å². The van der Waals surface area contributed by atoms with Crippen LogP contribution in [0.25, 0.3) is 0 Å². The molecule has 5 rings (SSSR count). The summed E-state index contributed by atoms with van der Waals surface area (Å²) < 4.78 is 22.8. The van der Waals surface area contributed by atoms with Gasteiger partial charge in [0.1, 0.15) is 53.9 Å². The first-order chi connectivity index (χ1) is 19.3. The Kier molecular flexibility index (Phi) is 7.80. The predicted octanol–water partition coefficient (Wildman–Crippen LogP) is -1.79. The minimum Gasteiger partial charge on any atom is -0.508 e. The van der Waals surface area contributed by atoms with Gasteiger partial charge in [-0.3, -0.25) is 9.59 Å². The normalized spacial score (nSPS) is 35.1. The molecular weight excluding hydrogens is 548 g/mol. The number of hydrogen-bond donors (Lipinski definition) is 8. The third-order valence-electron chi connectivity index (χ3n) is 7.46. The number of phenolic OH excluding ortho intramolecular Hbond substituents is 2. The number of benzene rings is 2. The van der Waals surface area contributed by atoms with Crippen LogP contribution in [-0.4, -0.2) is 120 Å². The smallest absolute Gasteiger partial charge is 0.229 e. The van der Waals surface area contributed by atoms with Crippen LogP contribution < -0.4 is 4.74 Å². The molecule has 14 heteroatoms. The van der Waals surface area contributed by atoms with E-state index >= 15 is 0 Å².